The van der Waals surface area contributed by atoms with E-state index in [-0.39, 0.29) is 6.04 Å². The maximum atomic E-state index is 10.00. The third kappa shape index (κ3) is 1.64. The van der Waals surface area contributed by atoms with Gasteiger partial charge in [-0.15, -0.1) is 11.6 Å². The van der Waals surface area contributed by atoms with Crippen LogP contribution in [0.1, 0.15) is 16.5 Å². The second kappa shape index (κ2) is 3.98. The maximum Gasteiger partial charge on any atom is 0.0899 e. The Morgan fingerprint density at radius 3 is 2.76 bits per heavy atom. The Bertz CT molecular complexity index is 569. The molecule has 2 aromatic rings. The van der Waals surface area contributed by atoms with Crippen molar-refractivity contribution in [2.75, 3.05) is 0 Å². The van der Waals surface area contributed by atoms with Gasteiger partial charge in [-0.3, -0.25) is 0 Å². The van der Waals surface area contributed by atoms with Gasteiger partial charge in [-0.25, -0.2) is 0 Å². The van der Waals surface area contributed by atoms with Gasteiger partial charge >= 0.3 is 0 Å². The van der Waals surface area contributed by atoms with Crippen LogP contribution in [-0.4, -0.2) is 17.3 Å². The number of halogens is 1. The number of nitrogens with two attached hydrogens (primary N) is 1. The van der Waals surface area contributed by atoms with Gasteiger partial charge in [0.1, 0.15) is 0 Å². The highest BCUT2D eigenvalue weighted by Gasteiger charge is 2.33. The minimum atomic E-state index is -0.671. The summed E-state index contributed by atoms with van der Waals surface area (Å²) in [6.45, 7) is 0. The molecule has 0 heterocycles. The normalized spacial score (nSPS) is 28.1. The predicted octanol–water partition coefficient (Wildman–Crippen LogP) is 2.36. The number of aliphatic hydroxyl groups is 1. The van der Waals surface area contributed by atoms with Crippen LogP contribution < -0.4 is 5.73 Å². The molecule has 0 aliphatic heterocycles. The van der Waals surface area contributed by atoms with Crippen molar-refractivity contribution >= 4 is 22.4 Å². The fraction of sp³-hybridized carbons (Fsp3) is 0.286. The van der Waals surface area contributed by atoms with Crippen molar-refractivity contribution in [3.63, 3.8) is 0 Å². The van der Waals surface area contributed by atoms with E-state index in [1.54, 1.807) is 0 Å². The van der Waals surface area contributed by atoms with E-state index in [9.17, 15) is 5.11 Å². The molecule has 17 heavy (non-hydrogen) atoms. The Balaban J connectivity index is 2.29. The molecule has 88 valence electrons. The Labute approximate surface area is 105 Å². The van der Waals surface area contributed by atoms with Crippen molar-refractivity contribution in [2.45, 2.75) is 23.9 Å². The lowest BCUT2D eigenvalue weighted by Crippen LogP contribution is -2.42. The van der Waals surface area contributed by atoms with Gasteiger partial charge in [0.25, 0.3) is 0 Å². The number of aliphatic hydroxyl groups excluding tert-OH is 1. The van der Waals surface area contributed by atoms with Gasteiger partial charge in [-0.05, 0) is 28.3 Å². The summed E-state index contributed by atoms with van der Waals surface area (Å²) in [5, 5.41) is 11.9. The van der Waals surface area contributed by atoms with E-state index in [2.05, 4.69) is 18.2 Å². The third-order valence-electron chi connectivity index (χ3n) is 3.53. The molecule has 0 saturated heterocycles. The number of benzene rings is 2. The van der Waals surface area contributed by atoms with E-state index < -0.39 is 11.5 Å². The van der Waals surface area contributed by atoms with Crippen molar-refractivity contribution < 1.29 is 5.11 Å². The summed E-state index contributed by atoms with van der Waals surface area (Å²) in [7, 11) is 0. The predicted molar refractivity (Wildman–Crippen MR) is 70.2 cm³/mol. The summed E-state index contributed by atoms with van der Waals surface area (Å²) in [5.41, 5.74) is 8.09. The van der Waals surface area contributed by atoms with Crippen molar-refractivity contribution in [1.82, 2.24) is 0 Å². The second-order valence-corrected chi connectivity index (χ2v) is 5.09. The number of hydrogen-bond donors (Lipinski definition) is 2. The molecule has 3 atom stereocenters. The first-order valence-corrected chi connectivity index (χ1v) is 6.20. The maximum absolute atomic E-state index is 10.00. The molecule has 3 rings (SSSR count). The van der Waals surface area contributed by atoms with Gasteiger partial charge in [0.05, 0.1) is 11.5 Å². The van der Waals surface area contributed by atoms with Crippen LogP contribution in [0.3, 0.4) is 0 Å². The van der Waals surface area contributed by atoms with E-state index in [1.807, 2.05) is 18.2 Å². The van der Waals surface area contributed by atoms with Crippen LogP contribution in [0, 0.1) is 0 Å². The lowest BCUT2D eigenvalue weighted by Gasteiger charge is -2.32. The minimum absolute atomic E-state index is 0.272. The smallest absolute Gasteiger partial charge is 0.0899 e. The first kappa shape index (κ1) is 11.0. The highest BCUT2D eigenvalue weighted by Crippen LogP contribution is 2.38. The summed E-state index contributed by atoms with van der Waals surface area (Å²) >= 11 is 6.34. The van der Waals surface area contributed by atoms with Crippen LogP contribution in [0.2, 0.25) is 0 Å². The molecule has 0 bridgehead atoms. The molecule has 3 heteroatoms. The fourth-order valence-electron chi connectivity index (χ4n) is 2.61. The number of hydrogen-bond acceptors (Lipinski definition) is 2. The molecular weight excluding hydrogens is 234 g/mol. The standard InChI is InChI=1S/C14H14ClNO/c15-13-12-9(7-11(16)14(13)17)6-5-8-3-1-2-4-10(8)12/h1-6,11,13-14,17H,7,16H2/t11-,13-,14+/m1/s1. The molecule has 2 nitrogen and oxygen atoms in total. The van der Waals surface area contributed by atoms with Crippen molar-refractivity contribution in [2.24, 2.45) is 5.73 Å². The van der Waals surface area contributed by atoms with Gasteiger partial charge in [0.2, 0.25) is 0 Å². The van der Waals surface area contributed by atoms with Crippen LogP contribution in [0.25, 0.3) is 10.8 Å². The molecule has 0 amide bonds. The minimum Gasteiger partial charge on any atom is -0.390 e. The summed E-state index contributed by atoms with van der Waals surface area (Å²) in [4.78, 5) is 0. The van der Waals surface area contributed by atoms with Crippen molar-refractivity contribution in [1.29, 1.82) is 0 Å². The summed E-state index contributed by atoms with van der Waals surface area (Å²) in [6, 6.07) is 12.0. The average Bonchev–Trinajstić information content (AvgIpc) is 2.35. The summed E-state index contributed by atoms with van der Waals surface area (Å²) in [6.07, 6.45) is 0.0138. The lowest BCUT2D eigenvalue weighted by atomic mass is 9.83. The molecule has 0 fully saturated rings. The summed E-state index contributed by atoms with van der Waals surface area (Å²) < 4.78 is 0. The monoisotopic (exact) mass is 247 g/mol. The van der Waals surface area contributed by atoms with Crippen LogP contribution in [0.5, 0.6) is 0 Å². The third-order valence-corrected chi connectivity index (χ3v) is 4.01. The highest BCUT2D eigenvalue weighted by atomic mass is 35.5. The molecule has 0 unspecified atom stereocenters. The average molecular weight is 248 g/mol. The zero-order valence-corrected chi connectivity index (χ0v) is 10.1. The van der Waals surface area contributed by atoms with E-state index in [1.165, 1.54) is 0 Å². The number of fused-ring (bicyclic) bond motifs is 3. The molecule has 1 aliphatic carbocycles. The van der Waals surface area contributed by atoms with Gasteiger partial charge in [0.15, 0.2) is 0 Å². The van der Waals surface area contributed by atoms with Gasteiger partial charge in [0, 0.05) is 6.04 Å². The molecule has 0 aromatic heterocycles. The molecular formula is C14H14ClNO. The topological polar surface area (TPSA) is 46.2 Å². The van der Waals surface area contributed by atoms with E-state index >= 15 is 0 Å². The molecule has 3 N–H and O–H groups in total. The molecule has 0 radical (unpaired) electrons. The van der Waals surface area contributed by atoms with Gasteiger partial charge in [-0.1, -0.05) is 36.4 Å². The molecule has 0 saturated carbocycles. The van der Waals surface area contributed by atoms with Crippen molar-refractivity contribution in [3.8, 4) is 0 Å². The van der Waals surface area contributed by atoms with Crippen molar-refractivity contribution in [3.05, 3.63) is 47.5 Å². The number of rotatable bonds is 0. The lowest BCUT2D eigenvalue weighted by molar-refractivity contribution is 0.132. The molecule has 2 aromatic carbocycles. The van der Waals surface area contributed by atoms with E-state index in [0.29, 0.717) is 6.42 Å². The van der Waals surface area contributed by atoms with E-state index in [4.69, 9.17) is 17.3 Å². The van der Waals surface area contributed by atoms with Crippen LogP contribution in [-0.2, 0) is 6.42 Å². The molecule has 1 aliphatic rings. The first-order valence-electron chi connectivity index (χ1n) is 5.76. The molecule has 0 spiro atoms. The Morgan fingerprint density at radius 1 is 1.18 bits per heavy atom. The highest BCUT2D eigenvalue weighted by molar-refractivity contribution is 6.22. The van der Waals surface area contributed by atoms with Crippen LogP contribution >= 0.6 is 11.6 Å². The Hall–Kier alpha value is -1.09. The van der Waals surface area contributed by atoms with Gasteiger partial charge in [-0.2, -0.15) is 0 Å². The Morgan fingerprint density at radius 2 is 1.94 bits per heavy atom. The van der Waals surface area contributed by atoms with Crippen LogP contribution in [0.15, 0.2) is 36.4 Å². The SMILES string of the molecule is N[C@@H]1Cc2ccc3ccccc3c2[C@@H](Cl)[C@H]1O. The van der Waals surface area contributed by atoms with E-state index in [0.717, 1.165) is 21.9 Å². The quantitative estimate of drug-likeness (QED) is 0.702. The Kier molecular flexibility index (Phi) is 2.58. The fourth-order valence-corrected chi connectivity index (χ4v) is 3.05. The largest absolute Gasteiger partial charge is 0.390 e. The first-order chi connectivity index (χ1) is 8.18. The zero-order valence-electron chi connectivity index (χ0n) is 9.31. The summed E-state index contributed by atoms with van der Waals surface area (Å²) in [5.74, 6) is 0. The number of alkyl halides is 1. The van der Waals surface area contributed by atoms with Gasteiger partial charge < -0.3 is 10.8 Å². The second-order valence-electron chi connectivity index (χ2n) is 4.62. The zero-order chi connectivity index (χ0) is 12.0. The van der Waals surface area contributed by atoms with Crippen LogP contribution in [0.4, 0.5) is 0 Å².